The maximum absolute atomic E-state index is 11.7. The first kappa shape index (κ1) is 15.8. The van der Waals surface area contributed by atoms with E-state index in [2.05, 4.69) is 5.32 Å². The molecule has 0 radical (unpaired) electrons. The smallest absolute Gasteiger partial charge is 0.220 e. The molecule has 2 aliphatic rings. The highest BCUT2D eigenvalue weighted by atomic mass is 16.6. The van der Waals surface area contributed by atoms with Crippen LogP contribution < -0.4 is 5.32 Å². The first-order chi connectivity index (χ1) is 9.84. The molecule has 1 saturated carbocycles. The Morgan fingerprint density at radius 3 is 2.75 bits per heavy atom. The zero-order valence-electron chi connectivity index (χ0n) is 12.6. The van der Waals surface area contributed by atoms with Gasteiger partial charge in [-0.15, -0.1) is 0 Å². The largest absolute Gasteiger partial charge is 0.379 e. The fourth-order valence-corrected chi connectivity index (χ4v) is 2.84. The maximum atomic E-state index is 11.7. The Morgan fingerprint density at radius 1 is 1.20 bits per heavy atom. The summed E-state index contributed by atoms with van der Waals surface area (Å²) in [6.07, 6.45) is 10.9. The molecule has 1 N–H and O–H groups in total. The van der Waals surface area contributed by atoms with Crippen LogP contribution in [0.1, 0.15) is 57.8 Å². The minimum absolute atomic E-state index is 0.225. The lowest BCUT2D eigenvalue weighted by atomic mass is 9.86. The highest BCUT2D eigenvalue weighted by Gasteiger charge is 2.21. The predicted octanol–water partition coefficient (Wildman–Crippen LogP) is 2.66. The van der Waals surface area contributed by atoms with Crippen molar-refractivity contribution in [2.45, 2.75) is 63.9 Å². The van der Waals surface area contributed by atoms with E-state index in [9.17, 15) is 4.79 Å². The van der Waals surface area contributed by atoms with E-state index >= 15 is 0 Å². The zero-order valence-corrected chi connectivity index (χ0v) is 12.6. The summed E-state index contributed by atoms with van der Waals surface area (Å²) in [5.41, 5.74) is 0. The van der Waals surface area contributed by atoms with Gasteiger partial charge in [0.1, 0.15) is 6.10 Å². The summed E-state index contributed by atoms with van der Waals surface area (Å²) in [5.74, 6) is 1.02. The van der Waals surface area contributed by atoms with Crippen molar-refractivity contribution in [2.24, 2.45) is 5.92 Å². The molecule has 0 aromatic rings. The van der Waals surface area contributed by atoms with Gasteiger partial charge < -0.3 is 14.8 Å². The van der Waals surface area contributed by atoms with Crippen LogP contribution in [-0.4, -0.2) is 38.4 Å². The van der Waals surface area contributed by atoms with Crippen molar-refractivity contribution in [2.75, 3.05) is 26.4 Å². The predicted molar refractivity (Wildman–Crippen MR) is 78.6 cm³/mol. The van der Waals surface area contributed by atoms with E-state index in [-0.39, 0.29) is 5.91 Å². The van der Waals surface area contributed by atoms with Gasteiger partial charge in [0.25, 0.3) is 0 Å². The van der Waals surface area contributed by atoms with Gasteiger partial charge in [0, 0.05) is 19.6 Å². The molecule has 0 bridgehead atoms. The van der Waals surface area contributed by atoms with Crippen molar-refractivity contribution in [1.29, 1.82) is 0 Å². The summed E-state index contributed by atoms with van der Waals surface area (Å²) in [5, 5.41) is 3.02. The summed E-state index contributed by atoms with van der Waals surface area (Å²) < 4.78 is 10.5. The Kier molecular flexibility index (Phi) is 7.37. The van der Waals surface area contributed by atoms with E-state index < -0.39 is 0 Å². The summed E-state index contributed by atoms with van der Waals surface area (Å²) in [6.45, 7) is 3.15. The SMILES string of the molecule is O=C(CCC1CCCCC1)NCCCCOCC1CO1. The monoisotopic (exact) mass is 283 g/mol. The summed E-state index contributed by atoms with van der Waals surface area (Å²) >= 11 is 0. The van der Waals surface area contributed by atoms with E-state index in [1.54, 1.807) is 0 Å². The molecule has 1 aliphatic carbocycles. The third-order valence-electron chi connectivity index (χ3n) is 4.25. The van der Waals surface area contributed by atoms with Gasteiger partial charge in [-0.05, 0) is 25.2 Å². The lowest BCUT2D eigenvalue weighted by Crippen LogP contribution is -2.25. The van der Waals surface area contributed by atoms with Crippen LogP contribution in [-0.2, 0) is 14.3 Å². The molecule has 1 amide bonds. The van der Waals surface area contributed by atoms with Gasteiger partial charge in [0.15, 0.2) is 0 Å². The zero-order chi connectivity index (χ0) is 14.0. The van der Waals surface area contributed by atoms with Crippen molar-refractivity contribution in [1.82, 2.24) is 5.32 Å². The number of nitrogens with one attached hydrogen (secondary N) is 1. The molecule has 20 heavy (non-hydrogen) atoms. The van der Waals surface area contributed by atoms with Crippen molar-refractivity contribution in [3.63, 3.8) is 0 Å². The van der Waals surface area contributed by atoms with Crippen LogP contribution in [0.5, 0.6) is 0 Å². The van der Waals surface area contributed by atoms with Crippen molar-refractivity contribution < 1.29 is 14.3 Å². The summed E-state index contributed by atoms with van der Waals surface area (Å²) in [6, 6.07) is 0. The van der Waals surface area contributed by atoms with E-state index in [4.69, 9.17) is 9.47 Å². The average molecular weight is 283 g/mol. The molecule has 4 nitrogen and oxygen atoms in total. The number of unbranched alkanes of at least 4 members (excludes halogenated alkanes) is 1. The molecule has 1 aliphatic heterocycles. The number of carbonyl (C=O) groups excluding carboxylic acids is 1. The second-order valence-electron chi connectivity index (χ2n) is 6.13. The highest BCUT2D eigenvalue weighted by Crippen LogP contribution is 2.27. The third kappa shape index (κ3) is 7.25. The van der Waals surface area contributed by atoms with E-state index in [1.165, 1.54) is 32.1 Å². The normalized spacial score (nSPS) is 22.7. The molecule has 0 aromatic carbocycles. The lowest BCUT2D eigenvalue weighted by molar-refractivity contribution is -0.121. The van der Waals surface area contributed by atoms with E-state index in [0.29, 0.717) is 12.5 Å². The van der Waals surface area contributed by atoms with Crippen molar-refractivity contribution >= 4 is 5.91 Å². The molecule has 0 spiro atoms. The Balaban J connectivity index is 1.35. The molecule has 1 saturated heterocycles. The van der Waals surface area contributed by atoms with Crippen LogP contribution in [0.4, 0.5) is 0 Å². The minimum Gasteiger partial charge on any atom is -0.379 e. The van der Waals surface area contributed by atoms with Gasteiger partial charge in [-0.2, -0.15) is 0 Å². The molecular weight excluding hydrogens is 254 g/mol. The second-order valence-corrected chi connectivity index (χ2v) is 6.13. The number of ether oxygens (including phenoxy) is 2. The molecule has 2 fully saturated rings. The number of amides is 1. The van der Waals surface area contributed by atoms with Crippen molar-refractivity contribution in [3.05, 3.63) is 0 Å². The Labute approximate surface area is 122 Å². The van der Waals surface area contributed by atoms with Crippen LogP contribution in [0.2, 0.25) is 0 Å². The maximum Gasteiger partial charge on any atom is 0.220 e. The fourth-order valence-electron chi connectivity index (χ4n) is 2.84. The third-order valence-corrected chi connectivity index (χ3v) is 4.25. The van der Waals surface area contributed by atoms with Gasteiger partial charge in [-0.25, -0.2) is 0 Å². The van der Waals surface area contributed by atoms with Crippen LogP contribution in [0.15, 0.2) is 0 Å². The Bertz CT molecular complexity index is 273. The molecule has 2 rings (SSSR count). The van der Waals surface area contributed by atoms with Crippen LogP contribution >= 0.6 is 0 Å². The minimum atomic E-state index is 0.225. The molecule has 1 atom stereocenters. The van der Waals surface area contributed by atoms with Gasteiger partial charge in [-0.3, -0.25) is 4.79 Å². The Hall–Kier alpha value is -0.610. The number of hydrogen-bond donors (Lipinski definition) is 1. The first-order valence-corrected chi connectivity index (χ1v) is 8.30. The van der Waals surface area contributed by atoms with Crippen LogP contribution in [0.3, 0.4) is 0 Å². The van der Waals surface area contributed by atoms with Gasteiger partial charge >= 0.3 is 0 Å². The standard InChI is InChI=1S/C16H29NO3/c18-16(9-8-14-6-2-1-3-7-14)17-10-4-5-11-19-12-15-13-20-15/h14-15H,1-13H2,(H,17,18). The fraction of sp³-hybridized carbons (Fsp3) is 0.938. The van der Waals surface area contributed by atoms with Gasteiger partial charge in [0.05, 0.1) is 13.2 Å². The second kappa shape index (κ2) is 9.35. The number of carbonyl (C=O) groups is 1. The quantitative estimate of drug-likeness (QED) is 0.495. The number of epoxide rings is 1. The lowest BCUT2D eigenvalue weighted by Gasteiger charge is -2.20. The number of hydrogen-bond acceptors (Lipinski definition) is 3. The first-order valence-electron chi connectivity index (χ1n) is 8.30. The van der Waals surface area contributed by atoms with Crippen LogP contribution in [0, 0.1) is 5.92 Å². The number of rotatable bonds is 10. The van der Waals surface area contributed by atoms with Gasteiger partial charge in [0.2, 0.25) is 5.91 Å². The molecule has 1 heterocycles. The molecule has 116 valence electrons. The summed E-state index contributed by atoms with van der Waals surface area (Å²) in [7, 11) is 0. The van der Waals surface area contributed by atoms with Gasteiger partial charge in [-0.1, -0.05) is 32.1 Å². The van der Waals surface area contributed by atoms with Crippen LogP contribution in [0.25, 0.3) is 0 Å². The van der Waals surface area contributed by atoms with Crippen molar-refractivity contribution in [3.8, 4) is 0 Å². The Morgan fingerprint density at radius 2 is 2.00 bits per heavy atom. The molecule has 4 heteroatoms. The highest BCUT2D eigenvalue weighted by molar-refractivity contribution is 5.75. The topological polar surface area (TPSA) is 50.9 Å². The molecule has 0 aromatic heterocycles. The van der Waals surface area contributed by atoms with E-state index in [1.807, 2.05) is 0 Å². The van der Waals surface area contributed by atoms with E-state index in [0.717, 1.165) is 51.5 Å². The molecule has 1 unspecified atom stereocenters. The molecular formula is C16H29NO3. The average Bonchev–Trinajstić information content (AvgIpc) is 3.29. The summed E-state index contributed by atoms with van der Waals surface area (Å²) in [4.78, 5) is 11.7.